The van der Waals surface area contributed by atoms with Crippen LogP contribution < -0.4 is 0 Å². The Labute approximate surface area is 195 Å². The zero-order valence-corrected chi connectivity index (χ0v) is 19.3. The normalized spacial score (nSPS) is 14.3. The number of hydrogen-bond acceptors (Lipinski definition) is 3. The van der Waals surface area contributed by atoms with Gasteiger partial charge in [0.05, 0.1) is 5.56 Å². The van der Waals surface area contributed by atoms with E-state index in [1.165, 1.54) is 24.3 Å². The van der Waals surface area contributed by atoms with Gasteiger partial charge in [0.1, 0.15) is 11.6 Å². The van der Waals surface area contributed by atoms with Crippen LogP contribution in [0.25, 0.3) is 0 Å². The minimum atomic E-state index is -0.497. The number of benzene rings is 2. The van der Waals surface area contributed by atoms with Gasteiger partial charge in [0.15, 0.2) is 0 Å². The number of unbranched alkanes of at least 4 members (excludes halogenated alkanes) is 2. The fourth-order valence-electron chi connectivity index (χ4n) is 4.03. The van der Waals surface area contributed by atoms with Crippen LogP contribution in [0.2, 0.25) is 0 Å². The average Bonchev–Trinajstić information content (AvgIpc) is 2.83. The first-order valence-electron chi connectivity index (χ1n) is 11.8. The van der Waals surface area contributed by atoms with Crippen LogP contribution in [0.15, 0.2) is 48.5 Å². The topological polar surface area (TPSA) is 43.9 Å². The van der Waals surface area contributed by atoms with Crippen molar-refractivity contribution < 1.29 is 18.4 Å². The van der Waals surface area contributed by atoms with E-state index in [0.29, 0.717) is 52.2 Å². The molecule has 5 nitrogen and oxygen atoms in total. The van der Waals surface area contributed by atoms with Gasteiger partial charge in [-0.2, -0.15) is 0 Å². The van der Waals surface area contributed by atoms with Crippen LogP contribution in [0, 0.1) is 11.6 Å². The molecule has 1 heterocycles. The molecule has 1 fully saturated rings. The molecule has 1 aliphatic heterocycles. The molecule has 178 valence electrons. The van der Waals surface area contributed by atoms with Crippen LogP contribution >= 0.6 is 0 Å². The number of halogens is 2. The summed E-state index contributed by atoms with van der Waals surface area (Å²) < 4.78 is 27.2. The minimum Gasteiger partial charge on any atom is -0.337 e. The summed E-state index contributed by atoms with van der Waals surface area (Å²) >= 11 is 0. The van der Waals surface area contributed by atoms with Gasteiger partial charge in [-0.3, -0.25) is 14.5 Å². The SMILES string of the molecule is CCCCCC(=O)N(CCN1CCN(C(=O)c2ccccc2F)CC1)Cc1ccc(F)cc1. The van der Waals surface area contributed by atoms with E-state index in [0.717, 1.165) is 24.8 Å². The first kappa shape index (κ1) is 24.8. The molecule has 0 aromatic heterocycles. The molecule has 2 aromatic carbocycles. The van der Waals surface area contributed by atoms with Crippen LogP contribution in [0.4, 0.5) is 8.78 Å². The summed E-state index contributed by atoms with van der Waals surface area (Å²) in [6.07, 6.45) is 3.46. The summed E-state index contributed by atoms with van der Waals surface area (Å²) in [5.74, 6) is -0.955. The highest BCUT2D eigenvalue weighted by Crippen LogP contribution is 2.14. The summed E-state index contributed by atoms with van der Waals surface area (Å²) in [5, 5.41) is 0. The Morgan fingerprint density at radius 1 is 0.939 bits per heavy atom. The van der Waals surface area contributed by atoms with E-state index in [-0.39, 0.29) is 23.2 Å². The molecule has 0 saturated carbocycles. The molecule has 0 aliphatic carbocycles. The molecule has 0 radical (unpaired) electrons. The van der Waals surface area contributed by atoms with Crippen molar-refractivity contribution in [3.05, 3.63) is 71.3 Å². The first-order chi connectivity index (χ1) is 16.0. The maximum Gasteiger partial charge on any atom is 0.256 e. The molecule has 1 saturated heterocycles. The molecule has 0 spiro atoms. The van der Waals surface area contributed by atoms with Crippen molar-refractivity contribution in [2.75, 3.05) is 39.3 Å². The predicted molar refractivity (Wildman–Crippen MR) is 125 cm³/mol. The highest BCUT2D eigenvalue weighted by Gasteiger charge is 2.24. The van der Waals surface area contributed by atoms with Crippen LogP contribution in [0.1, 0.15) is 48.5 Å². The Kier molecular flexibility index (Phi) is 9.36. The van der Waals surface area contributed by atoms with Gasteiger partial charge in [-0.05, 0) is 36.2 Å². The van der Waals surface area contributed by atoms with Crippen LogP contribution in [0.5, 0.6) is 0 Å². The molecule has 2 amide bonds. The monoisotopic (exact) mass is 457 g/mol. The molecule has 3 rings (SSSR count). The number of carbonyl (C=O) groups excluding carboxylic acids is 2. The summed E-state index contributed by atoms with van der Waals surface area (Å²) in [6, 6.07) is 12.3. The maximum atomic E-state index is 14.0. The van der Waals surface area contributed by atoms with Gasteiger partial charge in [0, 0.05) is 52.2 Å². The minimum absolute atomic E-state index is 0.106. The number of piperazine rings is 1. The second kappa shape index (κ2) is 12.4. The summed E-state index contributed by atoms with van der Waals surface area (Å²) in [5.41, 5.74) is 1.01. The fourth-order valence-corrected chi connectivity index (χ4v) is 4.03. The Hall–Kier alpha value is -2.80. The lowest BCUT2D eigenvalue weighted by Gasteiger charge is -2.36. The smallest absolute Gasteiger partial charge is 0.256 e. The third-order valence-electron chi connectivity index (χ3n) is 6.08. The lowest BCUT2D eigenvalue weighted by molar-refractivity contribution is -0.132. The van der Waals surface area contributed by atoms with Crippen molar-refractivity contribution in [2.24, 2.45) is 0 Å². The van der Waals surface area contributed by atoms with Gasteiger partial charge < -0.3 is 9.80 Å². The summed E-state index contributed by atoms with van der Waals surface area (Å²) in [7, 11) is 0. The molecule has 2 aromatic rings. The second-order valence-electron chi connectivity index (χ2n) is 8.51. The van der Waals surface area contributed by atoms with E-state index in [1.54, 1.807) is 29.2 Å². The van der Waals surface area contributed by atoms with Gasteiger partial charge in [-0.25, -0.2) is 8.78 Å². The van der Waals surface area contributed by atoms with Crippen LogP contribution in [0.3, 0.4) is 0 Å². The lowest BCUT2D eigenvalue weighted by Crippen LogP contribution is -2.50. The third kappa shape index (κ3) is 7.35. The largest absolute Gasteiger partial charge is 0.337 e. The van der Waals surface area contributed by atoms with Crippen molar-refractivity contribution in [1.29, 1.82) is 0 Å². The number of amides is 2. The van der Waals surface area contributed by atoms with E-state index in [1.807, 2.05) is 4.90 Å². The first-order valence-corrected chi connectivity index (χ1v) is 11.8. The summed E-state index contributed by atoms with van der Waals surface area (Å²) in [4.78, 5) is 31.2. The van der Waals surface area contributed by atoms with Gasteiger partial charge in [-0.1, -0.05) is 44.0 Å². The number of rotatable bonds is 10. The maximum absolute atomic E-state index is 14.0. The van der Waals surface area contributed by atoms with Crippen molar-refractivity contribution >= 4 is 11.8 Å². The predicted octanol–water partition coefficient (Wildman–Crippen LogP) is 4.33. The Morgan fingerprint density at radius 3 is 2.30 bits per heavy atom. The third-order valence-corrected chi connectivity index (χ3v) is 6.08. The fraction of sp³-hybridized carbons (Fsp3) is 0.462. The highest BCUT2D eigenvalue weighted by atomic mass is 19.1. The highest BCUT2D eigenvalue weighted by molar-refractivity contribution is 5.94. The Bertz CT molecular complexity index is 912. The van der Waals surface area contributed by atoms with Crippen molar-refractivity contribution in [3.63, 3.8) is 0 Å². The molecule has 1 aliphatic rings. The molecule has 0 N–H and O–H groups in total. The standard InChI is InChI=1S/C26H33F2N3O2/c1-2-3-4-9-25(32)31(20-21-10-12-22(27)13-11-21)19-16-29-14-17-30(18-15-29)26(33)23-7-5-6-8-24(23)28/h5-8,10-13H,2-4,9,14-20H2,1H3. The second-order valence-corrected chi connectivity index (χ2v) is 8.51. The molecule has 0 atom stereocenters. The Balaban J connectivity index is 1.53. The van der Waals surface area contributed by atoms with Gasteiger partial charge >= 0.3 is 0 Å². The van der Waals surface area contributed by atoms with Gasteiger partial charge in [0.2, 0.25) is 5.91 Å². The molecule has 0 unspecified atom stereocenters. The molecular weight excluding hydrogens is 424 g/mol. The van der Waals surface area contributed by atoms with E-state index in [2.05, 4.69) is 11.8 Å². The Morgan fingerprint density at radius 2 is 1.64 bits per heavy atom. The zero-order chi connectivity index (χ0) is 23.6. The quantitative estimate of drug-likeness (QED) is 0.499. The van der Waals surface area contributed by atoms with E-state index in [4.69, 9.17) is 0 Å². The van der Waals surface area contributed by atoms with E-state index < -0.39 is 5.82 Å². The van der Waals surface area contributed by atoms with E-state index in [9.17, 15) is 18.4 Å². The van der Waals surface area contributed by atoms with Crippen LogP contribution in [-0.4, -0.2) is 65.8 Å². The zero-order valence-electron chi connectivity index (χ0n) is 19.3. The molecule has 0 bridgehead atoms. The van der Waals surface area contributed by atoms with Crippen molar-refractivity contribution in [3.8, 4) is 0 Å². The number of carbonyl (C=O) groups is 2. The molecule has 7 heteroatoms. The van der Waals surface area contributed by atoms with Gasteiger partial charge in [0.25, 0.3) is 5.91 Å². The molecule has 33 heavy (non-hydrogen) atoms. The lowest BCUT2D eigenvalue weighted by atomic mass is 10.1. The number of hydrogen-bond donors (Lipinski definition) is 0. The number of nitrogens with zero attached hydrogens (tertiary/aromatic N) is 3. The van der Waals surface area contributed by atoms with Crippen molar-refractivity contribution in [1.82, 2.24) is 14.7 Å². The van der Waals surface area contributed by atoms with Crippen LogP contribution in [-0.2, 0) is 11.3 Å². The van der Waals surface area contributed by atoms with E-state index >= 15 is 0 Å². The summed E-state index contributed by atoms with van der Waals surface area (Å²) in [6.45, 7) is 6.23. The average molecular weight is 458 g/mol. The molecular formula is C26H33F2N3O2. The van der Waals surface area contributed by atoms with Crippen molar-refractivity contribution in [2.45, 2.75) is 39.2 Å². The van der Waals surface area contributed by atoms with Gasteiger partial charge in [-0.15, -0.1) is 0 Å².